The van der Waals surface area contributed by atoms with Crippen molar-refractivity contribution in [1.82, 2.24) is 9.88 Å². The highest BCUT2D eigenvalue weighted by atomic mass is 16.4. The van der Waals surface area contributed by atoms with Gasteiger partial charge in [0.05, 0.1) is 5.52 Å². The van der Waals surface area contributed by atoms with Crippen LogP contribution < -0.4 is 11.1 Å². The summed E-state index contributed by atoms with van der Waals surface area (Å²) in [6.45, 7) is 0. The normalized spacial score (nSPS) is 14.8. The number of hydrogen-bond acceptors (Lipinski definition) is 3. The van der Waals surface area contributed by atoms with Crippen molar-refractivity contribution in [2.24, 2.45) is 7.05 Å². The van der Waals surface area contributed by atoms with E-state index in [1.165, 1.54) is 4.57 Å². The first-order valence-corrected chi connectivity index (χ1v) is 6.51. The van der Waals surface area contributed by atoms with Crippen molar-refractivity contribution in [1.29, 1.82) is 0 Å². The summed E-state index contributed by atoms with van der Waals surface area (Å²) >= 11 is 0. The molecule has 0 spiro atoms. The van der Waals surface area contributed by atoms with Crippen LogP contribution in [0, 0.1) is 0 Å². The predicted octanol–water partition coefficient (Wildman–Crippen LogP) is 1.34. The number of nitrogens with zero attached hydrogens (tertiary/aromatic N) is 1. The van der Waals surface area contributed by atoms with Crippen molar-refractivity contribution in [2.45, 2.75) is 31.7 Å². The summed E-state index contributed by atoms with van der Waals surface area (Å²) in [6, 6.07) is 6.00. The van der Waals surface area contributed by atoms with Gasteiger partial charge in [0.2, 0.25) is 5.91 Å². The number of hydrogen-bond donors (Lipinski definition) is 1. The summed E-state index contributed by atoms with van der Waals surface area (Å²) in [6.07, 6.45) is 3.37. The Morgan fingerprint density at radius 1 is 1.47 bits per heavy atom. The number of amides is 1. The molecule has 0 radical (unpaired) electrons. The van der Waals surface area contributed by atoms with E-state index in [0.717, 1.165) is 23.9 Å². The second-order valence-electron chi connectivity index (χ2n) is 5.07. The molecule has 0 bridgehead atoms. The molecule has 5 nitrogen and oxygen atoms in total. The Morgan fingerprint density at radius 3 is 3.00 bits per heavy atom. The van der Waals surface area contributed by atoms with Crippen LogP contribution in [0.25, 0.3) is 11.1 Å². The fraction of sp³-hybridized carbons (Fsp3) is 0.429. The van der Waals surface area contributed by atoms with Crippen LogP contribution in [0.4, 0.5) is 0 Å². The number of rotatable bonds is 4. The minimum Gasteiger partial charge on any atom is -0.408 e. The van der Waals surface area contributed by atoms with Gasteiger partial charge in [0.25, 0.3) is 0 Å². The highest BCUT2D eigenvalue weighted by Crippen LogP contribution is 2.19. The van der Waals surface area contributed by atoms with E-state index in [1.54, 1.807) is 13.1 Å². The van der Waals surface area contributed by atoms with Gasteiger partial charge in [-0.15, -0.1) is 0 Å². The Morgan fingerprint density at radius 2 is 2.26 bits per heavy atom. The van der Waals surface area contributed by atoms with Crippen LogP contribution in [0.1, 0.15) is 24.8 Å². The molecule has 0 atom stereocenters. The highest BCUT2D eigenvalue weighted by molar-refractivity contribution is 5.77. The fourth-order valence-corrected chi connectivity index (χ4v) is 2.11. The Kier molecular flexibility index (Phi) is 2.89. The molecule has 1 aliphatic rings. The van der Waals surface area contributed by atoms with Gasteiger partial charge in [0.15, 0.2) is 5.58 Å². The lowest BCUT2D eigenvalue weighted by atomic mass is 10.1. The Bertz CT molecular complexity index is 680. The third-order valence-electron chi connectivity index (χ3n) is 3.44. The van der Waals surface area contributed by atoms with Crippen LogP contribution in [-0.4, -0.2) is 16.5 Å². The van der Waals surface area contributed by atoms with E-state index < -0.39 is 0 Å². The van der Waals surface area contributed by atoms with Crippen molar-refractivity contribution < 1.29 is 9.21 Å². The number of carbonyl (C=O) groups is 1. The molecule has 1 fully saturated rings. The average Bonchev–Trinajstić information content (AvgIpc) is 3.15. The van der Waals surface area contributed by atoms with Crippen LogP contribution in [0.3, 0.4) is 0 Å². The number of fused-ring (bicyclic) bond motifs is 1. The zero-order chi connectivity index (χ0) is 13.4. The SMILES string of the molecule is Cn1c(=O)oc2ccc(CCC(=O)NC3CC3)cc21. The maximum atomic E-state index is 11.6. The van der Waals surface area contributed by atoms with Gasteiger partial charge in [-0.2, -0.15) is 0 Å². The maximum absolute atomic E-state index is 11.6. The molecule has 1 amide bonds. The molecule has 100 valence electrons. The zero-order valence-corrected chi connectivity index (χ0v) is 10.8. The summed E-state index contributed by atoms with van der Waals surface area (Å²) in [5.74, 6) is -0.262. The first kappa shape index (κ1) is 12.0. The Balaban J connectivity index is 1.71. The van der Waals surface area contributed by atoms with Gasteiger partial charge >= 0.3 is 5.76 Å². The van der Waals surface area contributed by atoms with Gasteiger partial charge in [-0.3, -0.25) is 9.36 Å². The van der Waals surface area contributed by atoms with E-state index in [9.17, 15) is 9.59 Å². The topological polar surface area (TPSA) is 64.2 Å². The van der Waals surface area contributed by atoms with Crippen molar-refractivity contribution in [3.63, 3.8) is 0 Å². The summed E-state index contributed by atoms with van der Waals surface area (Å²) in [4.78, 5) is 23.0. The second-order valence-corrected chi connectivity index (χ2v) is 5.07. The number of aryl methyl sites for hydroxylation is 2. The summed E-state index contributed by atoms with van der Waals surface area (Å²) in [5, 5.41) is 2.96. The van der Waals surface area contributed by atoms with E-state index in [4.69, 9.17) is 4.42 Å². The molecular weight excluding hydrogens is 244 g/mol. The van der Waals surface area contributed by atoms with Crippen molar-refractivity contribution >= 4 is 17.0 Å². The standard InChI is InChI=1S/C14H16N2O3/c1-16-11-8-9(2-6-12(11)19-14(16)18)3-7-13(17)15-10-4-5-10/h2,6,8,10H,3-5,7H2,1H3,(H,15,17). The summed E-state index contributed by atoms with van der Waals surface area (Å²) in [7, 11) is 1.68. The molecule has 0 unspecified atom stereocenters. The minimum absolute atomic E-state index is 0.101. The quantitative estimate of drug-likeness (QED) is 0.902. The zero-order valence-electron chi connectivity index (χ0n) is 10.8. The number of benzene rings is 1. The van der Waals surface area contributed by atoms with E-state index in [1.807, 2.05) is 12.1 Å². The Hall–Kier alpha value is -2.04. The van der Waals surface area contributed by atoms with Gasteiger partial charge in [-0.1, -0.05) is 6.07 Å². The molecular formula is C14H16N2O3. The Labute approximate surface area is 110 Å². The van der Waals surface area contributed by atoms with Crippen LogP contribution in [0.5, 0.6) is 0 Å². The number of aromatic nitrogens is 1. The molecule has 1 aliphatic carbocycles. The van der Waals surface area contributed by atoms with Gasteiger partial charge in [0, 0.05) is 19.5 Å². The van der Waals surface area contributed by atoms with Crippen LogP contribution in [-0.2, 0) is 18.3 Å². The predicted molar refractivity (Wildman–Crippen MR) is 70.9 cm³/mol. The molecule has 0 aliphatic heterocycles. The molecule has 3 rings (SSSR count). The summed E-state index contributed by atoms with van der Waals surface area (Å²) in [5.41, 5.74) is 2.39. The lowest BCUT2D eigenvalue weighted by molar-refractivity contribution is -0.121. The first-order chi connectivity index (χ1) is 9.13. The van der Waals surface area contributed by atoms with Gasteiger partial charge in [-0.25, -0.2) is 4.79 Å². The van der Waals surface area contributed by atoms with Crippen LogP contribution >= 0.6 is 0 Å². The van der Waals surface area contributed by atoms with E-state index >= 15 is 0 Å². The lowest BCUT2D eigenvalue weighted by Crippen LogP contribution is -2.25. The van der Waals surface area contributed by atoms with Crippen molar-refractivity contribution in [2.75, 3.05) is 0 Å². The monoisotopic (exact) mass is 260 g/mol. The van der Waals surface area contributed by atoms with E-state index in [0.29, 0.717) is 24.5 Å². The smallest absolute Gasteiger partial charge is 0.408 e. The summed E-state index contributed by atoms with van der Waals surface area (Å²) < 4.78 is 6.54. The molecule has 1 aromatic heterocycles. The van der Waals surface area contributed by atoms with Gasteiger partial charge < -0.3 is 9.73 Å². The largest absolute Gasteiger partial charge is 0.419 e. The molecule has 1 N–H and O–H groups in total. The number of oxazole rings is 1. The minimum atomic E-state index is -0.362. The van der Waals surface area contributed by atoms with Gasteiger partial charge in [0.1, 0.15) is 0 Å². The van der Waals surface area contributed by atoms with Gasteiger partial charge in [-0.05, 0) is 37.0 Å². The molecule has 2 aromatic rings. The highest BCUT2D eigenvalue weighted by Gasteiger charge is 2.22. The fourth-order valence-electron chi connectivity index (χ4n) is 2.11. The number of nitrogens with one attached hydrogen (secondary N) is 1. The molecule has 1 aromatic carbocycles. The lowest BCUT2D eigenvalue weighted by Gasteiger charge is -2.03. The molecule has 0 saturated heterocycles. The first-order valence-electron chi connectivity index (χ1n) is 6.51. The third-order valence-corrected chi connectivity index (χ3v) is 3.44. The second kappa shape index (κ2) is 4.57. The maximum Gasteiger partial charge on any atom is 0.419 e. The molecule has 1 saturated carbocycles. The molecule has 1 heterocycles. The average molecular weight is 260 g/mol. The van der Waals surface area contributed by atoms with Crippen molar-refractivity contribution in [3.8, 4) is 0 Å². The number of carbonyl (C=O) groups excluding carboxylic acids is 1. The van der Waals surface area contributed by atoms with Crippen LogP contribution in [0.2, 0.25) is 0 Å². The van der Waals surface area contributed by atoms with Crippen molar-refractivity contribution in [3.05, 3.63) is 34.3 Å². The molecule has 19 heavy (non-hydrogen) atoms. The van der Waals surface area contributed by atoms with Crippen LogP contribution in [0.15, 0.2) is 27.4 Å². The van der Waals surface area contributed by atoms with E-state index in [2.05, 4.69) is 5.32 Å². The third kappa shape index (κ3) is 2.54. The molecule has 5 heteroatoms. The van der Waals surface area contributed by atoms with E-state index in [-0.39, 0.29) is 11.7 Å².